The van der Waals surface area contributed by atoms with Crippen molar-refractivity contribution in [2.75, 3.05) is 19.0 Å². The van der Waals surface area contributed by atoms with Crippen LogP contribution in [0.25, 0.3) is 11.0 Å². The van der Waals surface area contributed by atoms with Crippen LogP contribution in [0.3, 0.4) is 0 Å². The smallest absolute Gasteiger partial charge is 0.207 e. The number of fused-ring (bicyclic) bond motifs is 1. The van der Waals surface area contributed by atoms with E-state index in [0.717, 1.165) is 24.6 Å². The first kappa shape index (κ1) is 14.2. The number of alkyl halides is 1. The van der Waals surface area contributed by atoms with Crippen LogP contribution in [0.1, 0.15) is 12.8 Å². The third-order valence-corrected chi connectivity index (χ3v) is 6.57. The lowest BCUT2D eigenvalue weighted by molar-refractivity contribution is 0.290. The van der Waals surface area contributed by atoms with Crippen molar-refractivity contribution >= 4 is 44.4 Å². The molecule has 1 saturated heterocycles. The molecule has 1 aromatic heterocycles. The predicted octanol–water partition coefficient (Wildman–Crippen LogP) is 2.33. The average molecular weight is 332 g/mol. The van der Waals surface area contributed by atoms with E-state index >= 15 is 0 Å². The van der Waals surface area contributed by atoms with Crippen molar-refractivity contribution in [3.05, 3.63) is 18.2 Å². The summed E-state index contributed by atoms with van der Waals surface area (Å²) < 4.78 is 35.2. The number of nitrogens with zero attached hydrogens (tertiary/aromatic N) is 3. The summed E-state index contributed by atoms with van der Waals surface area (Å²) in [6.45, 7) is 1.04. The monoisotopic (exact) mass is 331 g/mol. The fourth-order valence-corrected chi connectivity index (χ4v) is 4.96. The molecule has 1 aromatic carbocycles. The van der Waals surface area contributed by atoms with Crippen LogP contribution in [0.2, 0.25) is 0 Å². The highest BCUT2D eigenvalue weighted by Crippen LogP contribution is 2.28. The van der Waals surface area contributed by atoms with Crippen molar-refractivity contribution in [2.45, 2.75) is 17.7 Å². The molecule has 0 amide bonds. The van der Waals surface area contributed by atoms with Crippen molar-refractivity contribution in [2.24, 2.45) is 5.92 Å². The second kappa shape index (κ2) is 5.55. The third-order valence-electron chi connectivity index (χ3n) is 3.66. The maximum absolute atomic E-state index is 12.7. The molecule has 1 aliphatic heterocycles. The van der Waals surface area contributed by atoms with Gasteiger partial charge in [0.25, 0.3) is 0 Å². The molecule has 0 saturated carbocycles. The first-order valence-corrected chi connectivity index (χ1v) is 9.11. The molecule has 108 valence electrons. The van der Waals surface area contributed by atoms with E-state index in [-0.39, 0.29) is 4.90 Å². The summed E-state index contributed by atoms with van der Waals surface area (Å²) in [5, 5.41) is 0. The fraction of sp³-hybridized carbons (Fsp3) is 0.500. The van der Waals surface area contributed by atoms with Gasteiger partial charge in [-0.25, -0.2) is 8.42 Å². The zero-order valence-corrected chi connectivity index (χ0v) is 13.1. The normalized spacial score (nSPS) is 18.6. The summed E-state index contributed by atoms with van der Waals surface area (Å²) >= 11 is 6.87. The Kier molecular flexibility index (Phi) is 3.94. The fourth-order valence-electron chi connectivity index (χ4n) is 2.43. The number of aromatic nitrogens is 2. The summed E-state index contributed by atoms with van der Waals surface area (Å²) in [6.07, 6.45) is 1.63. The molecule has 1 aliphatic rings. The highest BCUT2D eigenvalue weighted by Gasteiger charge is 2.30. The molecule has 5 nitrogen and oxygen atoms in total. The van der Waals surface area contributed by atoms with E-state index in [4.69, 9.17) is 11.6 Å². The van der Waals surface area contributed by atoms with E-state index in [1.807, 2.05) is 0 Å². The van der Waals surface area contributed by atoms with Crippen molar-refractivity contribution in [3.63, 3.8) is 0 Å². The van der Waals surface area contributed by atoms with Gasteiger partial charge in [0.05, 0.1) is 11.7 Å². The highest BCUT2D eigenvalue weighted by atomic mass is 35.5. The molecule has 0 radical (unpaired) electrons. The molecule has 8 heteroatoms. The number of rotatable bonds is 3. The topological polar surface area (TPSA) is 63.2 Å². The molecule has 0 atom stereocenters. The Hall–Kier alpha value is -0.760. The molecule has 0 unspecified atom stereocenters. The molecule has 2 heterocycles. The van der Waals surface area contributed by atoms with Crippen molar-refractivity contribution in [1.82, 2.24) is 13.1 Å². The van der Waals surface area contributed by atoms with Crippen LogP contribution in [0.15, 0.2) is 23.1 Å². The number of hydrogen-bond acceptors (Lipinski definition) is 5. The zero-order valence-electron chi connectivity index (χ0n) is 10.7. The predicted molar refractivity (Wildman–Crippen MR) is 79.6 cm³/mol. The molecule has 0 spiro atoms. The minimum Gasteiger partial charge on any atom is -0.207 e. The molecule has 3 rings (SSSR count). The number of piperidine rings is 1. The lowest BCUT2D eigenvalue weighted by Crippen LogP contribution is -2.38. The van der Waals surface area contributed by atoms with E-state index in [1.54, 1.807) is 18.2 Å². The number of hydrogen-bond donors (Lipinski definition) is 0. The minimum atomic E-state index is -3.50. The van der Waals surface area contributed by atoms with Crippen LogP contribution in [0.5, 0.6) is 0 Å². The van der Waals surface area contributed by atoms with Gasteiger partial charge in [-0.15, -0.1) is 11.6 Å². The Labute approximate surface area is 126 Å². The summed E-state index contributed by atoms with van der Waals surface area (Å²) in [4.78, 5) is 0.257. The standard InChI is InChI=1S/C12H14ClN3O2S2/c13-8-9-4-6-16(7-5-9)20(17,18)11-3-1-2-10-12(11)15-19-14-10/h1-3,9H,4-8H2. The Morgan fingerprint density at radius 2 is 2.05 bits per heavy atom. The SMILES string of the molecule is O=S(=O)(c1cccc2nsnc12)N1CCC(CCl)CC1. The summed E-state index contributed by atoms with van der Waals surface area (Å²) in [5.41, 5.74) is 1.10. The molecule has 0 bridgehead atoms. The lowest BCUT2D eigenvalue weighted by atomic mass is 10.0. The van der Waals surface area contributed by atoms with Crippen LogP contribution in [0.4, 0.5) is 0 Å². The van der Waals surface area contributed by atoms with Gasteiger partial charge in [0.1, 0.15) is 15.9 Å². The summed E-state index contributed by atoms with van der Waals surface area (Å²) in [5.74, 6) is 1.01. The Morgan fingerprint density at radius 3 is 2.75 bits per heavy atom. The second-order valence-corrected chi connectivity index (χ2v) is 7.63. The summed E-state index contributed by atoms with van der Waals surface area (Å²) in [6, 6.07) is 5.09. The van der Waals surface area contributed by atoms with E-state index in [2.05, 4.69) is 8.75 Å². The first-order valence-electron chi connectivity index (χ1n) is 6.40. The maximum Gasteiger partial charge on any atom is 0.245 e. The van der Waals surface area contributed by atoms with E-state index in [0.29, 0.717) is 35.9 Å². The number of benzene rings is 1. The quantitative estimate of drug-likeness (QED) is 0.810. The summed E-state index contributed by atoms with van der Waals surface area (Å²) in [7, 11) is -3.50. The Balaban J connectivity index is 1.94. The van der Waals surface area contributed by atoms with Gasteiger partial charge in [-0.2, -0.15) is 13.1 Å². The van der Waals surface area contributed by atoms with Gasteiger partial charge in [-0.05, 0) is 30.9 Å². The molecule has 0 N–H and O–H groups in total. The van der Waals surface area contributed by atoms with Gasteiger partial charge in [0.2, 0.25) is 10.0 Å². The van der Waals surface area contributed by atoms with Crippen LogP contribution < -0.4 is 0 Å². The zero-order chi connectivity index (χ0) is 14.2. The lowest BCUT2D eigenvalue weighted by Gasteiger charge is -2.30. The molecule has 1 fully saturated rings. The van der Waals surface area contributed by atoms with Crippen molar-refractivity contribution in [3.8, 4) is 0 Å². The second-order valence-electron chi connectivity index (χ2n) is 4.89. The van der Waals surface area contributed by atoms with Gasteiger partial charge in [-0.1, -0.05) is 6.07 Å². The van der Waals surface area contributed by atoms with Gasteiger partial charge >= 0.3 is 0 Å². The van der Waals surface area contributed by atoms with Gasteiger partial charge in [0.15, 0.2) is 0 Å². The average Bonchev–Trinajstić information content (AvgIpc) is 2.95. The third kappa shape index (κ3) is 2.43. The van der Waals surface area contributed by atoms with Crippen LogP contribution >= 0.6 is 23.3 Å². The molecule has 0 aliphatic carbocycles. The molecule has 2 aromatic rings. The van der Waals surface area contributed by atoms with Gasteiger partial charge in [-0.3, -0.25) is 0 Å². The van der Waals surface area contributed by atoms with E-state index in [1.165, 1.54) is 4.31 Å². The van der Waals surface area contributed by atoms with Gasteiger partial charge < -0.3 is 0 Å². The molecule has 20 heavy (non-hydrogen) atoms. The largest absolute Gasteiger partial charge is 0.245 e. The number of halogens is 1. The highest BCUT2D eigenvalue weighted by molar-refractivity contribution is 7.89. The number of sulfonamides is 1. The Bertz CT molecular complexity index is 708. The minimum absolute atomic E-state index is 0.257. The molecular formula is C12H14ClN3O2S2. The van der Waals surface area contributed by atoms with Crippen molar-refractivity contribution < 1.29 is 8.42 Å². The van der Waals surface area contributed by atoms with Crippen molar-refractivity contribution in [1.29, 1.82) is 0 Å². The maximum atomic E-state index is 12.7. The van der Waals surface area contributed by atoms with Gasteiger partial charge in [0, 0.05) is 19.0 Å². The van der Waals surface area contributed by atoms with Crippen LogP contribution in [-0.2, 0) is 10.0 Å². The van der Waals surface area contributed by atoms with E-state index in [9.17, 15) is 8.42 Å². The van der Waals surface area contributed by atoms with Crippen LogP contribution in [0, 0.1) is 5.92 Å². The first-order chi connectivity index (χ1) is 9.63. The molecular weight excluding hydrogens is 318 g/mol. The van der Waals surface area contributed by atoms with Crippen LogP contribution in [-0.4, -0.2) is 40.4 Å². The Morgan fingerprint density at radius 1 is 1.30 bits per heavy atom. The van der Waals surface area contributed by atoms with E-state index < -0.39 is 10.0 Å².